The summed E-state index contributed by atoms with van der Waals surface area (Å²) in [4.78, 5) is 11.1. The van der Waals surface area contributed by atoms with Crippen molar-refractivity contribution in [2.75, 3.05) is 5.73 Å². The van der Waals surface area contributed by atoms with E-state index in [0.717, 1.165) is 15.6 Å². The molecule has 72 valence electrons. The normalized spacial score (nSPS) is 10.6. The van der Waals surface area contributed by atoms with Crippen molar-refractivity contribution in [3.8, 4) is 0 Å². The fraction of sp³-hybridized carbons (Fsp3) is 0.100. The zero-order valence-electron chi connectivity index (χ0n) is 7.57. The van der Waals surface area contributed by atoms with E-state index in [1.54, 1.807) is 12.1 Å². The topological polar surface area (TPSA) is 63.3 Å². The smallest absolute Gasteiger partial charge is 0.345 e. The molecule has 0 radical (unpaired) electrons. The molecule has 0 amide bonds. The Balaban J connectivity index is 2.82. The molecule has 4 heteroatoms. The molecule has 1 aromatic heterocycles. The van der Waals surface area contributed by atoms with Crippen LogP contribution in [0.5, 0.6) is 0 Å². The highest BCUT2D eigenvalue weighted by Crippen LogP contribution is 2.32. The second kappa shape index (κ2) is 2.99. The number of aryl methyl sites for hydroxylation is 1. The van der Waals surface area contributed by atoms with E-state index in [-0.39, 0.29) is 0 Å². The SMILES string of the molecule is Cc1ccc(N)c2cc(C(=O)O)sc12. The van der Waals surface area contributed by atoms with E-state index in [4.69, 9.17) is 10.8 Å². The van der Waals surface area contributed by atoms with Gasteiger partial charge < -0.3 is 10.8 Å². The van der Waals surface area contributed by atoms with Crippen molar-refractivity contribution in [1.29, 1.82) is 0 Å². The van der Waals surface area contributed by atoms with Crippen molar-refractivity contribution in [3.05, 3.63) is 28.6 Å². The third kappa shape index (κ3) is 1.24. The van der Waals surface area contributed by atoms with Gasteiger partial charge in [0, 0.05) is 15.8 Å². The number of hydrogen-bond donors (Lipinski definition) is 2. The van der Waals surface area contributed by atoms with E-state index in [1.807, 2.05) is 13.0 Å². The van der Waals surface area contributed by atoms with E-state index in [9.17, 15) is 4.79 Å². The Morgan fingerprint density at radius 2 is 2.21 bits per heavy atom. The molecule has 0 unspecified atom stereocenters. The number of fused-ring (bicyclic) bond motifs is 1. The van der Waals surface area contributed by atoms with Gasteiger partial charge in [-0.1, -0.05) is 6.07 Å². The van der Waals surface area contributed by atoms with E-state index >= 15 is 0 Å². The molecule has 2 rings (SSSR count). The number of hydrogen-bond acceptors (Lipinski definition) is 3. The second-order valence-corrected chi connectivity index (χ2v) is 4.18. The minimum atomic E-state index is -0.898. The summed E-state index contributed by atoms with van der Waals surface area (Å²) in [5, 5.41) is 9.68. The number of nitrogen functional groups attached to an aromatic ring is 1. The number of aromatic carboxylic acids is 1. The van der Waals surface area contributed by atoms with Crippen LogP contribution in [-0.4, -0.2) is 11.1 Å². The van der Waals surface area contributed by atoms with Gasteiger partial charge in [-0.15, -0.1) is 11.3 Å². The number of carboxylic acid groups (broad SMARTS) is 1. The van der Waals surface area contributed by atoms with Gasteiger partial charge in [-0.3, -0.25) is 0 Å². The van der Waals surface area contributed by atoms with Crippen LogP contribution in [0.1, 0.15) is 15.2 Å². The van der Waals surface area contributed by atoms with Crippen LogP contribution in [-0.2, 0) is 0 Å². The van der Waals surface area contributed by atoms with Crippen molar-refractivity contribution in [2.24, 2.45) is 0 Å². The Labute approximate surface area is 84.8 Å². The third-order valence-corrected chi connectivity index (χ3v) is 3.38. The minimum Gasteiger partial charge on any atom is -0.477 e. The van der Waals surface area contributed by atoms with Crippen LogP contribution in [0.2, 0.25) is 0 Å². The number of carboxylic acids is 1. The van der Waals surface area contributed by atoms with Gasteiger partial charge >= 0.3 is 5.97 Å². The Bertz CT molecular complexity index is 477. The summed E-state index contributed by atoms with van der Waals surface area (Å²) in [6.45, 7) is 1.95. The van der Waals surface area contributed by atoms with Crippen LogP contribution in [0.15, 0.2) is 18.2 Å². The number of thiophene rings is 1. The molecule has 0 bridgehead atoms. The highest BCUT2D eigenvalue weighted by molar-refractivity contribution is 7.21. The van der Waals surface area contributed by atoms with Crippen molar-refractivity contribution in [3.63, 3.8) is 0 Å². The van der Waals surface area contributed by atoms with Gasteiger partial charge in [0.05, 0.1) is 0 Å². The molecule has 0 atom stereocenters. The summed E-state index contributed by atoms with van der Waals surface area (Å²) in [5.74, 6) is -0.898. The average molecular weight is 207 g/mol. The average Bonchev–Trinajstić information content (AvgIpc) is 2.57. The molecule has 3 N–H and O–H groups in total. The summed E-state index contributed by atoms with van der Waals surface area (Å²) in [6, 6.07) is 5.33. The van der Waals surface area contributed by atoms with Crippen LogP contribution >= 0.6 is 11.3 Å². The molecule has 0 aliphatic rings. The van der Waals surface area contributed by atoms with E-state index < -0.39 is 5.97 Å². The molecular weight excluding hydrogens is 198 g/mol. The Morgan fingerprint density at radius 1 is 1.50 bits per heavy atom. The Hall–Kier alpha value is -1.55. The standard InChI is InChI=1S/C10H9NO2S/c1-5-2-3-7(11)6-4-8(10(12)13)14-9(5)6/h2-4H,11H2,1H3,(H,12,13). The zero-order valence-corrected chi connectivity index (χ0v) is 8.39. The Kier molecular flexibility index (Phi) is 1.93. The first-order valence-electron chi connectivity index (χ1n) is 4.11. The maximum atomic E-state index is 10.8. The lowest BCUT2D eigenvalue weighted by atomic mass is 10.1. The van der Waals surface area contributed by atoms with Crippen LogP contribution in [0, 0.1) is 6.92 Å². The highest BCUT2D eigenvalue weighted by atomic mass is 32.1. The number of rotatable bonds is 1. The fourth-order valence-corrected chi connectivity index (χ4v) is 2.38. The van der Waals surface area contributed by atoms with Crippen molar-refractivity contribution in [1.82, 2.24) is 0 Å². The van der Waals surface area contributed by atoms with E-state index in [0.29, 0.717) is 10.6 Å². The summed E-state index contributed by atoms with van der Waals surface area (Å²) in [6.07, 6.45) is 0. The molecule has 1 aromatic carbocycles. The fourth-order valence-electron chi connectivity index (χ4n) is 1.38. The molecule has 0 aliphatic heterocycles. The molecular formula is C10H9NO2S. The monoisotopic (exact) mass is 207 g/mol. The van der Waals surface area contributed by atoms with Crippen LogP contribution in [0.3, 0.4) is 0 Å². The van der Waals surface area contributed by atoms with Gasteiger partial charge in [0.15, 0.2) is 0 Å². The van der Waals surface area contributed by atoms with Crippen molar-refractivity contribution in [2.45, 2.75) is 6.92 Å². The first kappa shape index (κ1) is 9.02. The molecule has 0 spiro atoms. The largest absolute Gasteiger partial charge is 0.477 e. The van der Waals surface area contributed by atoms with Crippen LogP contribution in [0.25, 0.3) is 10.1 Å². The molecule has 2 aromatic rings. The molecule has 0 fully saturated rings. The number of nitrogens with two attached hydrogens (primary N) is 1. The minimum absolute atomic E-state index is 0.334. The molecule has 1 heterocycles. The van der Waals surface area contributed by atoms with Gasteiger partial charge in [0.2, 0.25) is 0 Å². The predicted molar refractivity (Wildman–Crippen MR) is 57.9 cm³/mol. The summed E-state index contributed by atoms with van der Waals surface area (Å²) in [5.41, 5.74) is 7.45. The number of anilines is 1. The maximum Gasteiger partial charge on any atom is 0.345 e. The Morgan fingerprint density at radius 3 is 2.79 bits per heavy atom. The zero-order chi connectivity index (χ0) is 10.3. The molecule has 14 heavy (non-hydrogen) atoms. The number of carbonyl (C=O) groups is 1. The second-order valence-electron chi connectivity index (χ2n) is 3.13. The van der Waals surface area contributed by atoms with E-state index in [2.05, 4.69) is 0 Å². The summed E-state index contributed by atoms with van der Waals surface area (Å²) < 4.78 is 0.961. The molecule has 3 nitrogen and oxygen atoms in total. The lowest BCUT2D eigenvalue weighted by molar-refractivity contribution is 0.0702. The van der Waals surface area contributed by atoms with Crippen molar-refractivity contribution >= 4 is 33.1 Å². The number of benzene rings is 1. The van der Waals surface area contributed by atoms with Gasteiger partial charge in [0.25, 0.3) is 0 Å². The molecule has 0 saturated carbocycles. The van der Waals surface area contributed by atoms with E-state index in [1.165, 1.54) is 11.3 Å². The van der Waals surface area contributed by atoms with Gasteiger partial charge in [-0.25, -0.2) is 4.79 Å². The maximum absolute atomic E-state index is 10.8. The summed E-state index contributed by atoms with van der Waals surface area (Å²) >= 11 is 1.27. The third-order valence-electron chi connectivity index (χ3n) is 2.12. The van der Waals surface area contributed by atoms with Crippen LogP contribution < -0.4 is 5.73 Å². The van der Waals surface area contributed by atoms with Gasteiger partial charge in [0.1, 0.15) is 4.88 Å². The lowest BCUT2D eigenvalue weighted by Crippen LogP contribution is -1.89. The highest BCUT2D eigenvalue weighted by Gasteiger charge is 2.11. The molecule has 0 saturated heterocycles. The first-order valence-corrected chi connectivity index (χ1v) is 4.93. The molecule has 0 aliphatic carbocycles. The van der Waals surface area contributed by atoms with Crippen LogP contribution in [0.4, 0.5) is 5.69 Å². The van der Waals surface area contributed by atoms with Crippen molar-refractivity contribution < 1.29 is 9.90 Å². The predicted octanol–water partition coefficient (Wildman–Crippen LogP) is 2.49. The van der Waals surface area contributed by atoms with Gasteiger partial charge in [-0.2, -0.15) is 0 Å². The first-order chi connectivity index (χ1) is 6.59. The quantitative estimate of drug-likeness (QED) is 0.706. The lowest BCUT2D eigenvalue weighted by Gasteiger charge is -1.97. The summed E-state index contributed by atoms with van der Waals surface area (Å²) in [7, 11) is 0. The van der Waals surface area contributed by atoms with Gasteiger partial charge in [-0.05, 0) is 24.6 Å².